The van der Waals surface area contributed by atoms with Crippen molar-refractivity contribution in [3.8, 4) is 0 Å². The van der Waals surface area contributed by atoms with E-state index in [1.165, 1.54) is 0 Å². The molecule has 2 N–H and O–H groups in total. The second-order valence-electron chi connectivity index (χ2n) is 3.26. The molecule has 4 nitrogen and oxygen atoms in total. The summed E-state index contributed by atoms with van der Waals surface area (Å²) in [4.78, 5) is 11.2. The van der Waals surface area contributed by atoms with E-state index < -0.39 is 0 Å². The van der Waals surface area contributed by atoms with Crippen molar-refractivity contribution in [2.75, 3.05) is 13.2 Å². The standard InChI is InChI=1S/C9H18N2O2/c1-2-6-10-9(12)11-8-5-3-4-7-13-8/h8H,2-7H2,1H3,(H2,10,11,12). The van der Waals surface area contributed by atoms with Crippen LogP contribution in [0.1, 0.15) is 32.6 Å². The van der Waals surface area contributed by atoms with Gasteiger partial charge in [0, 0.05) is 13.2 Å². The summed E-state index contributed by atoms with van der Waals surface area (Å²) < 4.78 is 5.36. The maximum atomic E-state index is 11.2. The Bertz CT molecular complexity index is 156. The minimum Gasteiger partial charge on any atom is -0.358 e. The molecule has 0 saturated carbocycles. The maximum absolute atomic E-state index is 11.2. The van der Waals surface area contributed by atoms with E-state index in [-0.39, 0.29) is 12.3 Å². The van der Waals surface area contributed by atoms with Crippen LogP contribution in [0.3, 0.4) is 0 Å². The monoisotopic (exact) mass is 186 g/mol. The molecular weight excluding hydrogens is 168 g/mol. The zero-order valence-corrected chi connectivity index (χ0v) is 8.14. The number of hydrogen-bond donors (Lipinski definition) is 2. The first-order valence-electron chi connectivity index (χ1n) is 4.99. The van der Waals surface area contributed by atoms with Gasteiger partial charge in [-0.1, -0.05) is 6.92 Å². The van der Waals surface area contributed by atoms with Crippen molar-refractivity contribution < 1.29 is 9.53 Å². The van der Waals surface area contributed by atoms with Crippen molar-refractivity contribution in [2.24, 2.45) is 0 Å². The quantitative estimate of drug-likeness (QED) is 0.696. The van der Waals surface area contributed by atoms with Gasteiger partial charge in [-0.25, -0.2) is 4.79 Å². The summed E-state index contributed by atoms with van der Waals surface area (Å²) in [6, 6.07) is -0.117. The van der Waals surface area contributed by atoms with Crippen LogP contribution in [0.2, 0.25) is 0 Å². The van der Waals surface area contributed by atoms with Crippen LogP contribution in [0.25, 0.3) is 0 Å². The molecule has 2 amide bonds. The summed E-state index contributed by atoms with van der Waals surface area (Å²) in [5.74, 6) is 0. The van der Waals surface area contributed by atoms with Crippen LogP contribution in [0, 0.1) is 0 Å². The van der Waals surface area contributed by atoms with Crippen molar-refractivity contribution in [3.05, 3.63) is 0 Å². The van der Waals surface area contributed by atoms with Gasteiger partial charge < -0.3 is 15.4 Å². The molecule has 0 bridgehead atoms. The molecule has 0 radical (unpaired) electrons. The van der Waals surface area contributed by atoms with E-state index in [0.29, 0.717) is 0 Å². The Kier molecular flexibility index (Phi) is 4.60. The smallest absolute Gasteiger partial charge is 0.316 e. The van der Waals surface area contributed by atoms with Gasteiger partial charge in [0.25, 0.3) is 0 Å². The lowest BCUT2D eigenvalue weighted by Crippen LogP contribution is -2.44. The number of amides is 2. The molecular formula is C9H18N2O2. The molecule has 1 fully saturated rings. The molecule has 1 atom stereocenters. The number of carbonyl (C=O) groups is 1. The molecule has 0 aliphatic carbocycles. The topological polar surface area (TPSA) is 50.4 Å². The van der Waals surface area contributed by atoms with Crippen LogP contribution in [-0.4, -0.2) is 25.4 Å². The molecule has 0 aromatic rings. The summed E-state index contributed by atoms with van der Waals surface area (Å²) in [6.45, 7) is 3.51. The van der Waals surface area contributed by atoms with Crippen LogP contribution in [0.15, 0.2) is 0 Å². The van der Waals surface area contributed by atoms with Gasteiger partial charge in [0.1, 0.15) is 6.23 Å². The summed E-state index contributed by atoms with van der Waals surface area (Å²) >= 11 is 0. The molecule has 0 aromatic carbocycles. The van der Waals surface area contributed by atoms with Gasteiger partial charge >= 0.3 is 6.03 Å². The maximum Gasteiger partial charge on any atom is 0.316 e. The van der Waals surface area contributed by atoms with Crippen molar-refractivity contribution >= 4 is 6.03 Å². The number of carbonyl (C=O) groups excluding carboxylic acids is 1. The Hall–Kier alpha value is -0.770. The minimum absolute atomic E-state index is 0.0781. The largest absolute Gasteiger partial charge is 0.358 e. The summed E-state index contributed by atoms with van der Waals surface area (Å²) in [5, 5.41) is 5.53. The van der Waals surface area contributed by atoms with E-state index >= 15 is 0 Å². The fourth-order valence-corrected chi connectivity index (χ4v) is 1.29. The lowest BCUT2D eigenvalue weighted by Gasteiger charge is -2.23. The first-order valence-corrected chi connectivity index (χ1v) is 4.99. The van der Waals surface area contributed by atoms with E-state index in [4.69, 9.17) is 4.74 Å². The predicted octanol–water partition coefficient (Wildman–Crippen LogP) is 1.22. The third-order valence-electron chi connectivity index (χ3n) is 2.01. The number of urea groups is 1. The van der Waals surface area contributed by atoms with Gasteiger partial charge in [-0.3, -0.25) is 0 Å². The fourth-order valence-electron chi connectivity index (χ4n) is 1.29. The Morgan fingerprint density at radius 2 is 2.38 bits per heavy atom. The van der Waals surface area contributed by atoms with Crippen LogP contribution in [-0.2, 0) is 4.74 Å². The number of nitrogens with one attached hydrogen (secondary N) is 2. The highest BCUT2D eigenvalue weighted by Crippen LogP contribution is 2.09. The third kappa shape index (κ3) is 4.12. The van der Waals surface area contributed by atoms with E-state index in [9.17, 15) is 4.79 Å². The highest BCUT2D eigenvalue weighted by molar-refractivity contribution is 5.73. The molecule has 1 rings (SSSR count). The Labute approximate surface area is 79.0 Å². The summed E-state index contributed by atoms with van der Waals surface area (Å²) in [5.41, 5.74) is 0. The van der Waals surface area contributed by atoms with Gasteiger partial charge in [0.15, 0.2) is 0 Å². The first kappa shape index (κ1) is 10.3. The Balaban J connectivity index is 2.11. The number of rotatable bonds is 3. The Morgan fingerprint density at radius 3 is 3.00 bits per heavy atom. The molecule has 4 heteroatoms. The van der Waals surface area contributed by atoms with Crippen molar-refractivity contribution in [3.63, 3.8) is 0 Å². The van der Waals surface area contributed by atoms with Crippen molar-refractivity contribution in [1.29, 1.82) is 0 Å². The van der Waals surface area contributed by atoms with Crippen LogP contribution >= 0.6 is 0 Å². The molecule has 1 unspecified atom stereocenters. The molecule has 0 aromatic heterocycles. The SMILES string of the molecule is CCCNC(=O)NC1CCCCO1. The molecule has 1 aliphatic rings. The molecule has 0 spiro atoms. The van der Waals surface area contributed by atoms with E-state index in [0.717, 1.165) is 38.8 Å². The van der Waals surface area contributed by atoms with Gasteiger partial charge in [-0.15, -0.1) is 0 Å². The van der Waals surface area contributed by atoms with Crippen LogP contribution in [0.5, 0.6) is 0 Å². The molecule has 1 heterocycles. The van der Waals surface area contributed by atoms with E-state index in [1.807, 2.05) is 6.92 Å². The van der Waals surface area contributed by atoms with Gasteiger partial charge in [0.2, 0.25) is 0 Å². The Morgan fingerprint density at radius 1 is 1.54 bits per heavy atom. The molecule has 1 aliphatic heterocycles. The van der Waals surface area contributed by atoms with Gasteiger partial charge in [-0.05, 0) is 25.7 Å². The average Bonchev–Trinajstić information content (AvgIpc) is 2.16. The second-order valence-corrected chi connectivity index (χ2v) is 3.26. The van der Waals surface area contributed by atoms with E-state index in [1.54, 1.807) is 0 Å². The highest BCUT2D eigenvalue weighted by Gasteiger charge is 2.15. The zero-order valence-electron chi connectivity index (χ0n) is 8.14. The normalized spacial score (nSPS) is 22.4. The summed E-state index contributed by atoms with van der Waals surface area (Å²) in [7, 11) is 0. The zero-order chi connectivity index (χ0) is 9.52. The third-order valence-corrected chi connectivity index (χ3v) is 2.01. The number of ether oxygens (including phenoxy) is 1. The predicted molar refractivity (Wildman–Crippen MR) is 50.4 cm³/mol. The van der Waals surface area contributed by atoms with Crippen LogP contribution < -0.4 is 10.6 Å². The first-order chi connectivity index (χ1) is 6.33. The fraction of sp³-hybridized carbons (Fsp3) is 0.889. The van der Waals surface area contributed by atoms with Gasteiger partial charge in [-0.2, -0.15) is 0 Å². The molecule has 13 heavy (non-hydrogen) atoms. The van der Waals surface area contributed by atoms with Crippen molar-refractivity contribution in [1.82, 2.24) is 10.6 Å². The van der Waals surface area contributed by atoms with Crippen LogP contribution in [0.4, 0.5) is 4.79 Å². The molecule has 76 valence electrons. The van der Waals surface area contributed by atoms with Gasteiger partial charge in [0.05, 0.1) is 0 Å². The van der Waals surface area contributed by atoms with Crippen molar-refractivity contribution in [2.45, 2.75) is 38.8 Å². The minimum atomic E-state index is -0.117. The lowest BCUT2D eigenvalue weighted by atomic mass is 10.2. The average molecular weight is 186 g/mol. The summed E-state index contributed by atoms with van der Waals surface area (Å²) in [6.07, 6.45) is 4.05. The lowest BCUT2D eigenvalue weighted by molar-refractivity contribution is 0.00237. The second kappa shape index (κ2) is 5.80. The van der Waals surface area contributed by atoms with E-state index in [2.05, 4.69) is 10.6 Å². The number of hydrogen-bond acceptors (Lipinski definition) is 2. The molecule has 1 saturated heterocycles. The highest BCUT2D eigenvalue weighted by atomic mass is 16.5.